The number of anilines is 1. The van der Waals surface area contributed by atoms with Gasteiger partial charge < -0.3 is 15.2 Å². The maximum atomic E-state index is 14.1. The lowest BCUT2D eigenvalue weighted by Crippen LogP contribution is -2.04. The van der Waals surface area contributed by atoms with Crippen LogP contribution < -0.4 is 15.2 Å². The monoisotopic (exact) mass is 284 g/mol. The minimum atomic E-state index is -0.698. The van der Waals surface area contributed by atoms with Crippen LogP contribution in [0.15, 0.2) is 12.1 Å². The molecular formula is C12H10F2N2O2S. The molecular weight excluding hydrogens is 274 g/mol. The van der Waals surface area contributed by atoms with Gasteiger partial charge in [0.1, 0.15) is 17.4 Å². The molecule has 0 fully saturated rings. The Morgan fingerprint density at radius 3 is 3.00 bits per heavy atom. The van der Waals surface area contributed by atoms with Crippen molar-refractivity contribution in [3.63, 3.8) is 0 Å². The fourth-order valence-electron chi connectivity index (χ4n) is 1.91. The van der Waals surface area contributed by atoms with E-state index in [1.807, 2.05) is 0 Å². The Hall–Kier alpha value is -1.89. The van der Waals surface area contributed by atoms with Crippen molar-refractivity contribution in [3.05, 3.63) is 34.9 Å². The molecule has 0 spiro atoms. The van der Waals surface area contributed by atoms with E-state index in [1.165, 1.54) is 12.1 Å². The molecule has 2 heterocycles. The normalized spacial score (nSPS) is 13.2. The van der Waals surface area contributed by atoms with Gasteiger partial charge in [0.05, 0.1) is 12.2 Å². The number of nitrogens with zero attached hydrogens (tertiary/aromatic N) is 1. The van der Waals surface area contributed by atoms with Crippen molar-refractivity contribution < 1.29 is 18.3 Å². The number of rotatable bonds is 3. The third-order valence-corrected chi connectivity index (χ3v) is 3.43. The highest BCUT2D eigenvalue weighted by molar-refractivity contribution is 7.10. The number of nitrogens with two attached hydrogens (primary N) is 1. The molecule has 100 valence electrons. The van der Waals surface area contributed by atoms with Crippen molar-refractivity contribution in [2.24, 2.45) is 0 Å². The summed E-state index contributed by atoms with van der Waals surface area (Å²) in [6.45, 7) is 0.121. The summed E-state index contributed by atoms with van der Waals surface area (Å²) < 4.78 is 42.1. The Morgan fingerprint density at radius 1 is 1.42 bits per heavy atom. The third kappa shape index (κ3) is 2.21. The first-order valence-electron chi connectivity index (χ1n) is 5.62. The minimum Gasteiger partial charge on any atom is -0.490 e. The van der Waals surface area contributed by atoms with Gasteiger partial charge in [0, 0.05) is 18.1 Å². The zero-order valence-electron chi connectivity index (χ0n) is 9.78. The number of nitrogen functional groups attached to an aromatic ring is 1. The highest BCUT2D eigenvalue weighted by Crippen LogP contribution is 2.33. The summed E-state index contributed by atoms with van der Waals surface area (Å²) in [6, 6.07) is 2.80. The van der Waals surface area contributed by atoms with Gasteiger partial charge in [-0.25, -0.2) is 8.78 Å². The van der Waals surface area contributed by atoms with Crippen LogP contribution in [0.1, 0.15) is 11.1 Å². The fourth-order valence-corrected chi connectivity index (χ4v) is 2.37. The Bertz CT molecular complexity index is 630. The highest BCUT2D eigenvalue weighted by Gasteiger charge is 2.23. The van der Waals surface area contributed by atoms with Gasteiger partial charge in [0.25, 0.3) is 0 Å². The average molecular weight is 284 g/mol. The molecule has 0 unspecified atom stereocenters. The molecule has 1 aliphatic rings. The second kappa shape index (κ2) is 4.65. The van der Waals surface area contributed by atoms with Gasteiger partial charge in [-0.1, -0.05) is 0 Å². The lowest BCUT2D eigenvalue weighted by Gasteiger charge is -2.09. The van der Waals surface area contributed by atoms with E-state index in [9.17, 15) is 8.78 Å². The summed E-state index contributed by atoms with van der Waals surface area (Å²) in [5, 5.41) is 0.480. The molecule has 0 amide bonds. The Labute approximate surface area is 111 Å². The lowest BCUT2D eigenvalue weighted by atomic mass is 10.1. The first-order chi connectivity index (χ1) is 9.15. The molecule has 0 saturated carbocycles. The van der Waals surface area contributed by atoms with Crippen molar-refractivity contribution in [2.75, 3.05) is 12.3 Å². The molecule has 3 rings (SSSR count). The maximum Gasteiger partial charge on any atom is 0.227 e. The predicted octanol–water partition coefficient (Wildman–Crippen LogP) is 2.52. The molecule has 0 aliphatic carbocycles. The highest BCUT2D eigenvalue weighted by atomic mass is 32.1. The number of ether oxygens (including phenoxy) is 2. The van der Waals surface area contributed by atoms with Gasteiger partial charge in [0.15, 0.2) is 11.6 Å². The van der Waals surface area contributed by atoms with Crippen LogP contribution in [-0.2, 0) is 13.0 Å². The molecule has 0 bridgehead atoms. The van der Waals surface area contributed by atoms with Crippen molar-refractivity contribution in [1.82, 2.24) is 4.37 Å². The van der Waals surface area contributed by atoms with Crippen LogP contribution in [0.5, 0.6) is 11.6 Å². The molecule has 1 aromatic carbocycles. The molecule has 19 heavy (non-hydrogen) atoms. The maximum absolute atomic E-state index is 14.1. The van der Waals surface area contributed by atoms with Gasteiger partial charge >= 0.3 is 0 Å². The Balaban J connectivity index is 1.85. The first kappa shape index (κ1) is 12.2. The molecule has 1 aliphatic heterocycles. The third-order valence-electron chi connectivity index (χ3n) is 2.83. The van der Waals surface area contributed by atoms with Gasteiger partial charge in [-0.05, 0) is 17.6 Å². The number of hydrogen-bond acceptors (Lipinski definition) is 5. The quantitative estimate of drug-likeness (QED) is 0.941. The molecule has 0 saturated heterocycles. The summed E-state index contributed by atoms with van der Waals surface area (Å²) in [6.07, 6.45) is 0.521. The van der Waals surface area contributed by atoms with Crippen LogP contribution >= 0.6 is 11.5 Å². The molecule has 4 nitrogen and oxygen atoms in total. The van der Waals surface area contributed by atoms with E-state index in [1.54, 1.807) is 0 Å². The summed E-state index contributed by atoms with van der Waals surface area (Å²) in [7, 11) is 0. The first-order valence-corrected chi connectivity index (χ1v) is 6.40. The molecule has 7 heteroatoms. The summed E-state index contributed by atoms with van der Waals surface area (Å²) in [5.74, 6) is -0.957. The van der Waals surface area contributed by atoms with E-state index in [2.05, 4.69) is 4.37 Å². The van der Waals surface area contributed by atoms with Crippen LogP contribution in [-0.4, -0.2) is 11.0 Å². The van der Waals surface area contributed by atoms with E-state index < -0.39 is 11.6 Å². The van der Waals surface area contributed by atoms with Crippen molar-refractivity contribution in [3.8, 4) is 11.6 Å². The Kier molecular flexibility index (Phi) is 2.98. The van der Waals surface area contributed by atoms with E-state index in [4.69, 9.17) is 15.2 Å². The second-order valence-corrected chi connectivity index (χ2v) is 4.93. The molecule has 0 atom stereocenters. The summed E-state index contributed by atoms with van der Waals surface area (Å²) in [5.41, 5.74) is 5.88. The van der Waals surface area contributed by atoms with E-state index >= 15 is 0 Å². The zero-order chi connectivity index (χ0) is 13.4. The predicted molar refractivity (Wildman–Crippen MR) is 66.4 cm³/mol. The van der Waals surface area contributed by atoms with E-state index in [0.29, 0.717) is 23.6 Å². The van der Waals surface area contributed by atoms with Gasteiger partial charge in [-0.3, -0.25) is 0 Å². The van der Waals surface area contributed by atoms with Crippen molar-refractivity contribution in [1.29, 1.82) is 0 Å². The lowest BCUT2D eigenvalue weighted by molar-refractivity contribution is 0.279. The fraction of sp³-hybridized carbons (Fsp3) is 0.250. The minimum absolute atomic E-state index is 0.123. The Morgan fingerprint density at radius 2 is 2.26 bits per heavy atom. The van der Waals surface area contributed by atoms with E-state index in [0.717, 1.165) is 11.5 Å². The SMILES string of the molecule is Nc1cc(OCc2c(F)cc3c(c2F)OCC3)ns1. The smallest absolute Gasteiger partial charge is 0.227 e. The number of halogens is 2. The van der Waals surface area contributed by atoms with Gasteiger partial charge in [-0.2, -0.15) is 4.37 Å². The molecule has 1 aromatic heterocycles. The second-order valence-electron chi connectivity index (χ2n) is 4.09. The van der Waals surface area contributed by atoms with Crippen LogP contribution in [0, 0.1) is 11.6 Å². The van der Waals surface area contributed by atoms with Crippen LogP contribution in [0.3, 0.4) is 0 Å². The number of hydrogen-bond donors (Lipinski definition) is 1. The van der Waals surface area contributed by atoms with E-state index in [-0.39, 0.29) is 23.8 Å². The zero-order valence-corrected chi connectivity index (χ0v) is 10.6. The molecule has 0 radical (unpaired) electrons. The van der Waals surface area contributed by atoms with Crippen molar-refractivity contribution in [2.45, 2.75) is 13.0 Å². The molecule has 2 aromatic rings. The van der Waals surface area contributed by atoms with Gasteiger partial charge in [0.2, 0.25) is 5.88 Å². The van der Waals surface area contributed by atoms with Crippen LogP contribution in [0.4, 0.5) is 13.8 Å². The standard InChI is InChI=1S/C12H10F2N2O2S/c13-8-3-6-1-2-17-12(6)11(14)7(8)5-18-10-4-9(15)19-16-10/h3-4H,1-2,5,15H2. The van der Waals surface area contributed by atoms with Crippen molar-refractivity contribution >= 4 is 16.5 Å². The average Bonchev–Trinajstić information content (AvgIpc) is 2.98. The van der Waals surface area contributed by atoms with Crippen LogP contribution in [0.25, 0.3) is 0 Å². The van der Waals surface area contributed by atoms with Crippen LogP contribution in [0.2, 0.25) is 0 Å². The number of fused-ring (bicyclic) bond motifs is 1. The summed E-state index contributed by atoms with van der Waals surface area (Å²) in [4.78, 5) is 0. The number of benzene rings is 1. The largest absolute Gasteiger partial charge is 0.490 e. The summed E-state index contributed by atoms with van der Waals surface area (Å²) >= 11 is 1.06. The topological polar surface area (TPSA) is 57.4 Å². The van der Waals surface area contributed by atoms with Gasteiger partial charge in [-0.15, -0.1) is 0 Å². The number of aromatic nitrogens is 1. The molecule has 2 N–H and O–H groups in total.